The standard InChI is InChI=1S/C20H29FN4O2/c1-25(2)19(26)12-23-20(24-18-9-13-4-5-15(18)6-13)22-11-14-7-16(21)10-17(8-14)27-3/h7-8,10,13,15,18H,4-6,9,11-12H2,1-3H3,(H2,22,23,24). The Kier molecular flexibility index (Phi) is 6.19. The summed E-state index contributed by atoms with van der Waals surface area (Å²) in [6.45, 7) is 0.479. The van der Waals surface area contributed by atoms with Crippen LogP contribution >= 0.6 is 0 Å². The van der Waals surface area contributed by atoms with E-state index in [9.17, 15) is 9.18 Å². The number of methoxy groups -OCH3 is 1. The number of fused-ring (bicyclic) bond motifs is 2. The van der Waals surface area contributed by atoms with Crippen LogP contribution in [0.5, 0.6) is 5.75 Å². The first-order valence-corrected chi connectivity index (χ1v) is 9.53. The van der Waals surface area contributed by atoms with Gasteiger partial charge in [0.15, 0.2) is 5.96 Å². The number of aliphatic imine (C=N–C) groups is 1. The topological polar surface area (TPSA) is 66.0 Å². The Morgan fingerprint density at radius 2 is 2.11 bits per heavy atom. The van der Waals surface area contributed by atoms with Crippen LogP contribution in [0.2, 0.25) is 0 Å². The van der Waals surface area contributed by atoms with E-state index in [1.807, 2.05) is 0 Å². The molecule has 0 radical (unpaired) electrons. The highest BCUT2D eigenvalue weighted by molar-refractivity contribution is 5.86. The van der Waals surface area contributed by atoms with Crippen LogP contribution in [-0.2, 0) is 11.3 Å². The third-order valence-corrected chi connectivity index (χ3v) is 5.55. The van der Waals surface area contributed by atoms with E-state index in [-0.39, 0.29) is 18.3 Å². The van der Waals surface area contributed by atoms with Gasteiger partial charge in [-0.2, -0.15) is 0 Å². The van der Waals surface area contributed by atoms with Gasteiger partial charge in [-0.3, -0.25) is 4.79 Å². The summed E-state index contributed by atoms with van der Waals surface area (Å²) in [5, 5.41) is 6.62. The van der Waals surface area contributed by atoms with E-state index in [0.29, 0.717) is 30.2 Å². The normalized spacial score (nSPS) is 24.0. The summed E-state index contributed by atoms with van der Waals surface area (Å²) in [5.41, 5.74) is 0.722. The SMILES string of the molecule is COc1cc(F)cc(CN=C(NCC(=O)N(C)C)NC2CC3CCC2C3)c1. The van der Waals surface area contributed by atoms with Crippen molar-refractivity contribution in [2.45, 2.75) is 38.3 Å². The molecule has 2 bridgehead atoms. The number of guanidine groups is 1. The maximum Gasteiger partial charge on any atom is 0.241 e. The number of halogens is 1. The summed E-state index contributed by atoms with van der Waals surface area (Å²) >= 11 is 0. The molecule has 3 unspecified atom stereocenters. The molecule has 6 nitrogen and oxygen atoms in total. The second kappa shape index (κ2) is 8.59. The Labute approximate surface area is 160 Å². The van der Waals surface area contributed by atoms with E-state index in [2.05, 4.69) is 15.6 Å². The minimum absolute atomic E-state index is 0.0233. The molecule has 2 N–H and O–H groups in total. The largest absolute Gasteiger partial charge is 0.497 e. The van der Waals surface area contributed by atoms with E-state index in [4.69, 9.17) is 4.74 Å². The zero-order chi connectivity index (χ0) is 19.4. The smallest absolute Gasteiger partial charge is 0.241 e. The maximum absolute atomic E-state index is 13.7. The molecule has 0 spiro atoms. The Bertz CT molecular complexity index is 707. The quantitative estimate of drug-likeness (QED) is 0.590. The lowest BCUT2D eigenvalue weighted by molar-refractivity contribution is -0.127. The van der Waals surface area contributed by atoms with Crippen LogP contribution in [0.1, 0.15) is 31.2 Å². The van der Waals surface area contributed by atoms with Crippen molar-refractivity contribution in [2.75, 3.05) is 27.7 Å². The van der Waals surface area contributed by atoms with Gasteiger partial charge in [0.05, 0.1) is 20.2 Å². The van der Waals surface area contributed by atoms with Crippen LogP contribution in [0.3, 0.4) is 0 Å². The number of amides is 1. The fourth-order valence-corrected chi connectivity index (χ4v) is 4.07. The van der Waals surface area contributed by atoms with Crippen molar-refractivity contribution in [1.82, 2.24) is 15.5 Å². The molecule has 3 rings (SSSR count). The van der Waals surface area contributed by atoms with Crippen LogP contribution in [0.15, 0.2) is 23.2 Å². The molecule has 3 atom stereocenters. The van der Waals surface area contributed by atoms with Crippen molar-refractivity contribution in [3.63, 3.8) is 0 Å². The van der Waals surface area contributed by atoms with Crippen LogP contribution < -0.4 is 15.4 Å². The maximum atomic E-state index is 13.7. The lowest BCUT2D eigenvalue weighted by Crippen LogP contribution is -2.48. The van der Waals surface area contributed by atoms with Gasteiger partial charge < -0.3 is 20.3 Å². The third-order valence-electron chi connectivity index (χ3n) is 5.55. The van der Waals surface area contributed by atoms with Gasteiger partial charge in [-0.1, -0.05) is 6.42 Å². The second-order valence-corrected chi connectivity index (χ2v) is 7.73. The predicted molar refractivity (Wildman–Crippen MR) is 103 cm³/mol. The van der Waals surface area contributed by atoms with Crippen molar-refractivity contribution >= 4 is 11.9 Å². The number of likely N-dealkylation sites (N-methyl/N-ethyl adjacent to an activating group) is 1. The van der Waals surface area contributed by atoms with E-state index < -0.39 is 0 Å². The van der Waals surface area contributed by atoms with Gasteiger partial charge >= 0.3 is 0 Å². The minimum atomic E-state index is -0.349. The number of benzene rings is 1. The van der Waals surface area contributed by atoms with E-state index in [1.54, 1.807) is 25.1 Å². The van der Waals surface area contributed by atoms with Crippen LogP contribution in [0, 0.1) is 17.7 Å². The highest BCUT2D eigenvalue weighted by Gasteiger charge is 2.39. The van der Waals surface area contributed by atoms with E-state index >= 15 is 0 Å². The average Bonchev–Trinajstić information content (AvgIpc) is 3.26. The number of nitrogens with zero attached hydrogens (tertiary/aromatic N) is 2. The summed E-state index contributed by atoms with van der Waals surface area (Å²) in [6.07, 6.45) is 5.02. The molecule has 1 amide bonds. The molecule has 148 valence electrons. The molecule has 2 aliphatic rings. The monoisotopic (exact) mass is 376 g/mol. The highest BCUT2D eigenvalue weighted by Crippen LogP contribution is 2.44. The minimum Gasteiger partial charge on any atom is -0.497 e. The summed E-state index contributed by atoms with van der Waals surface area (Å²) in [5.74, 6) is 2.19. The molecule has 0 aliphatic heterocycles. The first kappa shape index (κ1) is 19.5. The fourth-order valence-electron chi connectivity index (χ4n) is 4.07. The molecule has 1 aromatic carbocycles. The van der Waals surface area contributed by atoms with Gasteiger partial charge in [0.25, 0.3) is 0 Å². The number of ether oxygens (including phenoxy) is 1. The lowest BCUT2D eigenvalue weighted by atomic mass is 9.95. The van der Waals surface area contributed by atoms with Gasteiger partial charge in [0.1, 0.15) is 11.6 Å². The number of hydrogen-bond acceptors (Lipinski definition) is 3. The van der Waals surface area contributed by atoms with Crippen LogP contribution in [-0.4, -0.2) is 50.6 Å². The van der Waals surface area contributed by atoms with Crippen LogP contribution in [0.25, 0.3) is 0 Å². The molecule has 0 aromatic heterocycles. The number of rotatable bonds is 6. The third kappa shape index (κ3) is 5.11. The summed E-state index contributed by atoms with van der Waals surface area (Å²) in [6, 6.07) is 4.96. The molecule has 2 aliphatic carbocycles. The van der Waals surface area contributed by atoms with Crippen molar-refractivity contribution in [3.05, 3.63) is 29.6 Å². The Morgan fingerprint density at radius 3 is 2.74 bits per heavy atom. The average molecular weight is 376 g/mol. The van der Waals surface area contributed by atoms with Crippen molar-refractivity contribution in [2.24, 2.45) is 16.8 Å². The summed E-state index contributed by atoms with van der Waals surface area (Å²) in [7, 11) is 4.96. The van der Waals surface area contributed by atoms with Gasteiger partial charge in [-0.15, -0.1) is 0 Å². The van der Waals surface area contributed by atoms with Crippen molar-refractivity contribution < 1.29 is 13.9 Å². The highest BCUT2D eigenvalue weighted by atomic mass is 19.1. The van der Waals surface area contributed by atoms with Gasteiger partial charge in [-0.05, 0) is 48.8 Å². The van der Waals surface area contributed by atoms with Crippen molar-refractivity contribution in [1.29, 1.82) is 0 Å². The van der Waals surface area contributed by atoms with E-state index in [1.165, 1.54) is 38.5 Å². The van der Waals surface area contributed by atoms with Crippen LogP contribution in [0.4, 0.5) is 4.39 Å². The molecular formula is C20H29FN4O2. The number of carbonyl (C=O) groups is 1. The summed E-state index contributed by atoms with van der Waals surface area (Å²) in [4.78, 5) is 18.1. The molecule has 2 saturated carbocycles. The molecule has 27 heavy (non-hydrogen) atoms. The zero-order valence-corrected chi connectivity index (χ0v) is 16.3. The Morgan fingerprint density at radius 1 is 1.30 bits per heavy atom. The van der Waals surface area contributed by atoms with Gasteiger partial charge in [-0.25, -0.2) is 9.38 Å². The zero-order valence-electron chi connectivity index (χ0n) is 16.3. The van der Waals surface area contributed by atoms with Gasteiger partial charge in [0.2, 0.25) is 5.91 Å². The molecule has 0 heterocycles. The predicted octanol–water partition coefficient (Wildman–Crippen LogP) is 2.15. The second-order valence-electron chi connectivity index (χ2n) is 7.73. The van der Waals surface area contributed by atoms with Crippen molar-refractivity contribution in [3.8, 4) is 5.75 Å². The number of carbonyl (C=O) groups excluding carboxylic acids is 1. The number of nitrogens with one attached hydrogen (secondary N) is 2. The molecule has 0 saturated heterocycles. The lowest BCUT2D eigenvalue weighted by Gasteiger charge is -2.25. The Balaban J connectivity index is 1.68. The molecule has 7 heteroatoms. The number of hydrogen-bond donors (Lipinski definition) is 2. The molecule has 2 fully saturated rings. The Hall–Kier alpha value is -2.31. The first-order chi connectivity index (χ1) is 12.9. The van der Waals surface area contributed by atoms with E-state index in [0.717, 1.165) is 17.9 Å². The first-order valence-electron chi connectivity index (χ1n) is 9.53. The fraction of sp³-hybridized carbons (Fsp3) is 0.600. The summed E-state index contributed by atoms with van der Waals surface area (Å²) < 4.78 is 18.8. The molecule has 1 aromatic rings. The molecular weight excluding hydrogens is 347 g/mol. The van der Waals surface area contributed by atoms with Gasteiger partial charge in [0, 0.05) is 26.2 Å².